The van der Waals surface area contributed by atoms with E-state index in [1.54, 1.807) is 0 Å². The van der Waals surface area contributed by atoms with Crippen molar-refractivity contribution < 1.29 is 30.3 Å². The van der Waals surface area contributed by atoms with Crippen molar-refractivity contribution in [3.63, 3.8) is 0 Å². The molecular formula is C8H16O6. The van der Waals surface area contributed by atoms with Gasteiger partial charge < -0.3 is 30.3 Å². The molecule has 1 saturated heterocycles. The minimum absolute atomic E-state index is 1.14. The number of hydrogen-bond acceptors (Lipinski definition) is 6. The molecule has 1 heterocycles. The summed E-state index contributed by atoms with van der Waals surface area (Å²) in [6.07, 6.45) is -7.28. The Labute approximate surface area is 81.4 Å². The normalized spacial score (nSPS) is 45.2. The quantitative estimate of drug-likeness (QED) is 0.327. The number of ether oxygens (including phenoxy) is 1. The largest absolute Gasteiger partial charge is 0.388 e. The van der Waals surface area contributed by atoms with Crippen LogP contribution in [-0.2, 0) is 4.74 Å². The first-order chi connectivity index (χ1) is 6.25. The fourth-order valence-corrected chi connectivity index (χ4v) is 1.45. The smallest absolute Gasteiger partial charge is 0.184 e. The van der Waals surface area contributed by atoms with Crippen LogP contribution in [0.2, 0.25) is 0 Å². The Hall–Kier alpha value is -0.240. The lowest BCUT2D eigenvalue weighted by Crippen LogP contribution is -2.63. The standard InChI is InChI=1S/C8H16O6/c1-8(2,13)6-4(10)3(9)5(11)7(12)14-6/h3-7,9-13H,1-2H3/t3-,4-,5+,6-,7?/m0/s1. The molecule has 5 N–H and O–H groups in total. The van der Waals surface area contributed by atoms with E-state index in [1.165, 1.54) is 13.8 Å². The maximum atomic E-state index is 9.55. The maximum absolute atomic E-state index is 9.55. The predicted octanol–water partition coefficient (Wildman–Crippen LogP) is -2.44. The Morgan fingerprint density at radius 1 is 0.929 bits per heavy atom. The van der Waals surface area contributed by atoms with E-state index in [2.05, 4.69) is 0 Å². The Kier molecular flexibility index (Phi) is 3.15. The Morgan fingerprint density at radius 3 is 1.86 bits per heavy atom. The van der Waals surface area contributed by atoms with Crippen LogP contribution in [0.25, 0.3) is 0 Å². The van der Waals surface area contributed by atoms with Crippen LogP contribution in [0.4, 0.5) is 0 Å². The van der Waals surface area contributed by atoms with Gasteiger partial charge in [-0.3, -0.25) is 0 Å². The third-order valence-electron chi connectivity index (χ3n) is 2.28. The van der Waals surface area contributed by atoms with Crippen LogP contribution in [0.15, 0.2) is 0 Å². The second kappa shape index (κ2) is 3.73. The average Bonchev–Trinajstić information content (AvgIpc) is 2.06. The molecule has 14 heavy (non-hydrogen) atoms. The molecule has 5 atom stereocenters. The average molecular weight is 208 g/mol. The van der Waals surface area contributed by atoms with Gasteiger partial charge in [-0.05, 0) is 13.8 Å². The second-order valence-electron chi connectivity index (χ2n) is 4.07. The molecule has 1 aliphatic heterocycles. The van der Waals surface area contributed by atoms with Gasteiger partial charge in [-0.25, -0.2) is 0 Å². The molecule has 84 valence electrons. The first kappa shape index (κ1) is 11.8. The zero-order valence-electron chi connectivity index (χ0n) is 8.03. The van der Waals surface area contributed by atoms with Gasteiger partial charge in [-0.1, -0.05) is 0 Å². The summed E-state index contributed by atoms with van der Waals surface area (Å²) in [4.78, 5) is 0. The van der Waals surface area contributed by atoms with E-state index in [-0.39, 0.29) is 0 Å². The van der Waals surface area contributed by atoms with Gasteiger partial charge in [-0.2, -0.15) is 0 Å². The van der Waals surface area contributed by atoms with Crippen molar-refractivity contribution in [2.45, 2.75) is 50.2 Å². The second-order valence-corrected chi connectivity index (χ2v) is 4.07. The van der Waals surface area contributed by atoms with E-state index in [0.29, 0.717) is 0 Å². The fraction of sp³-hybridized carbons (Fsp3) is 1.00. The summed E-state index contributed by atoms with van der Waals surface area (Å²) in [5, 5.41) is 46.6. The molecule has 0 radical (unpaired) electrons. The van der Waals surface area contributed by atoms with Crippen LogP contribution in [0, 0.1) is 0 Å². The molecule has 0 aromatic carbocycles. The van der Waals surface area contributed by atoms with Gasteiger partial charge in [-0.15, -0.1) is 0 Å². The predicted molar refractivity (Wildman–Crippen MR) is 45.2 cm³/mol. The summed E-state index contributed by atoms with van der Waals surface area (Å²) < 4.78 is 4.79. The van der Waals surface area contributed by atoms with Crippen molar-refractivity contribution in [1.82, 2.24) is 0 Å². The van der Waals surface area contributed by atoms with E-state index in [9.17, 15) is 15.3 Å². The highest BCUT2D eigenvalue weighted by Gasteiger charge is 2.48. The van der Waals surface area contributed by atoms with Crippen molar-refractivity contribution in [1.29, 1.82) is 0 Å². The Morgan fingerprint density at radius 2 is 1.43 bits per heavy atom. The van der Waals surface area contributed by atoms with E-state index < -0.39 is 36.3 Å². The van der Waals surface area contributed by atoms with E-state index in [0.717, 1.165) is 0 Å². The summed E-state index contributed by atoms with van der Waals surface area (Å²) >= 11 is 0. The van der Waals surface area contributed by atoms with E-state index in [1.807, 2.05) is 0 Å². The number of hydrogen-bond donors (Lipinski definition) is 5. The topological polar surface area (TPSA) is 110 Å². The van der Waals surface area contributed by atoms with Gasteiger partial charge >= 0.3 is 0 Å². The molecule has 0 saturated carbocycles. The SMILES string of the molecule is CC(C)(O)[C@H]1OC(O)[C@H](O)[C@@H](O)[C@@H]1O. The highest BCUT2D eigenvalue weighted by Crippen LogP contribution is 2.26. The number of rotatable bonds is 1. The molecule has 0 bridgehead atoms. The van der Waals surface area contributed by atoms with Crippen LogP contribution < -0.4 is 0 Å². The molecule has 0 amide bonds. The molecule has 0 aromatic heterocycles. The molecule has 0 aromatic rings. The first-order valence-corrected chi connectivity index (χ1v) is 4.35. The third kappa shape index (κ3) is 2.05. The highest BCUT2D eigenvalue weighted by atomic mass is 16.6. The van der Waals surface area contributed by atoms with Gasteiger partial charge in [0.2, 0.25) is 0 Å². The first-order valence-electron chi connectivity index (χ1n) is 4.35. The molecule has 1 unspecified atom stereocenters. The Balaban J connectivity index is 2.81. The van der Waals surface area contributed by atoms with Crippen molar-refractivity contribution in [2.24, 2.45) is 0 Å². The van der Waals surface area contributed by atoms with Gasteiger partial charge in [0.15, 0.2) is 6.29 Å². The minimum Gasteiger partial charge on any atom is -0.388 e. The van der Waals surface area contributed by atoms with Crippen molar-refractivity contribution in [3.05, 3.63) is 0 Å². The fourth-order valence-electron chi connectivity index (χ4n) is 1.45. The van der Waals surface area contributed by atoms with E-state index in [4.69, 9.17) is 14.9 Å². The van der Waals surface area contributed by atoms with Crippen LogP contribution in [0.1, 0.15) is 13.8 Å². The van der Waals surface area contributed by atoms with E-state index >= 15 is 0 Å². The van der Waals surface area contributed by atoms with Crippen molar-refractivity contribution in [2.75, 3.05) is 0 Å². The molecular weight excluding hydrogens is 192 g/mol. The van der Waals surface area contributed by atoms with Gasteiger partial charge in [0.05, 0.1) is 5.60 Å². The molecule has 6 heteroatoms. The molecule has 1 fully saturated rings. The molecule has 0 spiro atoms. The molecule has 1 aliphatic rings. The number of aliphatic hydroxyl groups is 5. The summed E-state index contributed by atoms with van der Waals surface area (Å²) in [6, 6.07) is 0. The summed E-state index contributed by atoms with van der Waals surface area (Å²) in [7, 11) is 0. The van der Waals surface area contributed by atoms with Crippen LogP contribution in [0.5, 0.6) is 0 Å². The maximum Gasteiger partial charge on any atom is 0.184 e. The van der Waals surface area contributed by atoms with Crippen LogP contribution in [0.3, 0.4) is 0 Å². The monoisotopic (exact) mass is 208 g/mol. The van der Waals surface area contributed by atoms with Crippen molar-refractivity contribution >= 4 is 0 Å². The third-order valence-corrected chi connectivity index (χ3v) is 2.28. The lowest BCUT2D eigenvalue weighted by atomic mass is 9.89. The zero-order valence-corrected chi connectivity index (χ0v) is 8.03. The molecule has 0 aliphatic carbocycles. The lowest BCUT2D eigenvalue weighted by molar-refractivity contribution is -0.308. The lowest BCUT2D eigenvalue weighted by Gasteiger charge is -2.43. The minimum atomic E-state index is -1.61. The van der Waals surface area contributed by atoms with Crippen LogP contribution in [-0.4, -0.2) is 61.8 Å². The Bertz CT molecular complexity index is 200. The number of aliphatic hydroxyl groups excluding tert-OH is 4. The van der Waals surface area contributed by atoms with Gasteiger partial charge in [0.1, 0.15) is 24.4 Å². The summed E-state index contributed by atoms with van der Waals surface area (Å²) in [6.45, 7) is 2.75. The van der Waals surface area contributed by atoms with Crippen molar-refractivity contribution in [3.8, 4) is 0 Å². The summed E-state index contributed by atoms with van der Waals surface area (Å²) in [5.74, 6) is 0. The van der Waals surface area contributed by atoms with Gasteiger partial charge in [0.25, 0.3) is 0 Å². The summed E-state index contributed by atoms with van der Waals surface area (Å²) in [5.41, 5.74) is -1.42. The molecule has 6 nitrogen and oxygen atoms in total. The highest BCUT2D eigenvalue weighted by molar-refractivity contribution is 4.95. The molecule has 1 rings (SSSR count). The zero-order chi connectivity index (χ0) is 11.1. The van der Waals surface area contributed by atoms with Crippen LogP contribution >= 0.6 is 0 Å². The van der Waals surface area contributed by atoms with Gasteiger partial charge in [0, 0.05) is 0 Å².